The predicted molar refractivity (Wildman–Crippen MR) is 177 cm³/mol. The van der Waals surface area contributed by atoms with Crippen molar-refractivity contribution in [2.24, 2.45) is 5.92 Å². The van der Waals surface area contributed by atoms with Crippen molar-refractivity contribution in [2.45, 2.75) is 134 Å². The van der Waals surface area contributed by atoms with E-state index in [0.717, 1.165) is 31.3 Å². The van der Waals surface area contributed by atoms with E-state index >= 15 is 0 Å². The van der Waals surface area contributed by atoms with Crippen LogP contribution < -0.4 is 0 Å². The maximum Gasteiger partial charge on any atom is 0.330 e. The van der Waals surface area contributed by atoms with Crippen LogP contribution in [0.2, 0.25) is 18.1 Å². The van der Waals surface area contributed by atoms with Crippen LogP contribution in [0.5, 0.6) is 0 Å². The van der Waals surface area contributed by atoms with Gasteiger partial charge in [-0.25, -0.2) is 4.79 Å². The molecular weight excluding hydrogens is 556 g/mol. The van der Waals surface area contributed by atoms with Crippen molar-refractivity contribution in [1.82, 2.24) is 0 Å². The molecule has 240 valence electrons. The summed E-state index contributed by atoms with van der Waals surface area (Å²) in [6.45, 7) is 20.2. The molecule has 6 nitrogen and oxygen atoms in total. The summed E-state index contributed by atoms with van der Waals surface area (Å²) in [5, 5.41) is 10.8. The van der Waals surface area contributed by atoms with Crippen LogP contribution in [0.25, 0.3) is 0 Å². The van der Waals surface area contributed by atoms with Gasteiger partial charge in [0.05, 0.1) is 31.0 Å². The molecule has 0 fully saturated rings. The minimum atomic E-state index is -2.25. The number of fused-ring (bicyclic) bond motifs is 2. The molecule has 3 rings (SSSR count). The molecule has 0 aliphatic carbocycles. The number of ether oxygens (including phenoxy) is 3. The first kappa shape index (κ1) is 35.4. The maximum absolute atomic E-state index is 13.2. The monoisotopic (exact) mass is 612 g/mol. The highest BCUT2D eigenvalue weighted by Gasteiger charge is 2.41. The lowest BCUT2D eigenvalue weighted by molar-refractivity contribution is -0.146. The van der Waals surface area contributed by atoms with Crippen molar-refractivity contribution in [3.05, 3.63) is 72.4 Å². The highest BCUT2D eigenvalue weighted by atomic mass is 28.4. The van der Waals surface area contributed by atoms with Gasteiger partial charge < -0.3 is 23.7 Å². The number of cyclic esters (lactones) is 1. The van der Waals surface area contributed by atoms with Gasteiger partial charge in [-0.15, -0.1) is 0 Å². The van der Waals surface area contributed by atoms with E-state index in [1.807, 2.05) is 18.2 Å². The zero-order valence-electron chi connectivity index (χ0n) is 27.6. The Morgan fingerprint density at radius 1 is 1.09 bits per heavy atom. The normalized spacial score (nSPS) is 32.8. The molecule has 2 bridgehead atoms. The molecule has 7 atom stereocenters. The standard InChI is InChI=1S/C36H56O6Si/c1-26-20-21-39-31(24-26)18-19-34(42-43(7,8)36(4,5)6)33-16-9-12-29(37)23-27(2)22-28(3)25-32-15-10-13-30(40-32)14-11-17-35(38)41-33/h9-13,17-20,28-34,37H,2,14-16,21-25H2,1,3-8H3/b12-9+,17-11-,19-18+/t28-,29+,30-,31+,32-,33-,34-/m0/s1. The van der Waals surface area contributed by atoms with E-state index < -0.39 is 32.6 Å². The second kappa shape index (κ2) is 16.3. The number of carbonyl (C=O) groups is 1. The first-order chi connectivity index (χ1) is 20.2. The first-order valence-corrected chi connectivity index (χ1v) is 19.0. The number of rotatable bonds is 5. The van der Waals surface area contributed by atoms with Crippen LogP contribution in [0.1, 0.15) is 79.6 Å². The fourth-order valence-corrected chi connectivity index (χ4v) is 6.75. The summed E-state index contributed by atoms with van der Waals surface area (Å²) in [7, 11) is -2.25. The third kappa shape index (κ3) is 12.1. The molecule has 0 aromatic heterocycles. The molecule has 0 saturated carbocycles. The smallest absolute Gasteiger partial charge is 0.330 e. The summed E-state index contributed by atoms with van der Waals surface area (Å²) in [5.74, 6) is -0.00889. The summed E-state index contributed by atoms with van der Waals surface area (Å²) in [6, 6.07) is 0. The topological polar surface area (TPSA) is 74.2 Å². The fourth-order valence-electron chi connectivity index (χ4n) is 5.48. The van der Waals surface area contributed by atoms with Crippen LogP contribution in [0.15, 0.2) is 72.4 Å². The molecule has 3 aliphatic rings. The molecule has 43 heavy (non-hydrogen) atoms. The van der Waals surface area contributed by atoms with E-state index in [9.17, 15) is 9.90 Å². The molecule has 0 aromatic carbocycles. The molecule has 0 saturated heterocycles. The van der Waals surface area contributed by atoms with E-state index in [2.05, 4.69) is 78.6 Å². The SMILES string of the molecule is C=C1C[C@H](C)C[C@@H]2CC=C[C@@H](C/C=C\C(=O)O[C@H]([C@H](/C=C/[C@@H]3CC(C)=CCO3)O[Si](C)(C)C(C)(C)C)C/C=C/[C@@H](O)C1)O2. The summed E-state index contributed by atoms with van der Waals surface area (Å²) in [5.41, 5.74) is 2.32. The lowest BCUT2D eigenvalue weighted by Crippen LogP contribution is -2.47. The van der Waals surface area contributed by atoms with Crippen molar-refractivity contribution in [3.8, 4) is 0 Å². The minimum Gasteiger partial charge on any atom is -0.456 e. The van der Waals surface area contributed by atoms with Gasteiger partial charge in [-0.3, -0.25) is 0 Å². The minimum absolute atomic E-state index is 0.0336. The second-order valence-electron chi connectivity index (χ2n) is 14.2. The van der Waals surface area contributed by atoms with Gasteiger partial charge in [-0.2, -0.15) is 0 Å². The summed E-state index contributed by atoms with van der Waals surface area (Å²) in [4.78, 5) is 13.2. The van der Waals surface area contributed by atoms with Crippen LogP contribution in [0, 0.1) is 5.92 Å². The van der Waals surface area contributed by atoms with E-state index in [0.29, 0.717) is 31.8 Å². The van der Waals surface area contributed by atoms with Crippen LogP contribution in [0.3, 0.4) is 0 Å². The largest absolute Gasteiger partial charge is 0.456 e. The Morgan fingerprint density at radius 3 is 2.56 bits per heavy atom. The molecular formula is C36H56O6Si. The van der Waals surface area contributed by atoms with Crippen molar-refractivity contribution >= 4 is 14.3 Å². The fraction of sp³-hybridized carbons (Fsp3) is 0.639. The Kier molecular flexibility index (Phi) is 13.5. The predicted octanol–water partition coefficient (Wildman–Crippen LogP) is 7.92. The highest BCUT2D eigenvalue weighted by Crippen LogP contribution is 2.38. The number of aliphatic hydroxyl groups excluding tert-OH is 1. The molecule has 0 spiro atoms. The molecule has 1 N–H and O–H groups in total. The number of hydrogen-bond acceptors (Lipinski definition) is 6. The number of hydrogen-bond donors (Lipinski definition) is 1. The van der Waals surface area contributed by atoms with E-state index in [-0.39, 0.29) is 23.4 Å². The van der Waals surface area contributed by atoms with E-state index in [1.54, 1.807) is 6.08 Å². The van der Waals surface area contributed by atoms with Gasteiger partial charge in [0.15, 0.2) is 8.32 Å². The Morgan fingerprint density at radius 2 is 1.84 bits per heavy atom. The zero-order valence-corrected chi connectivity index (χ0v) is 28.6. The average Bonchev–Trinajstić information content (AvgIpc) is 2.89. The van der Waals surface area contributed by atoms with Crippen LogP contribution in [-0.4, -0.2) is 62.6 Å². The molecule has 3 heterocycles. The Labute approximate surface area is 261 Å². The number of aliphatic hydroxyl groups is 1. The molecule has 3 aliphatic heterocycles. The Balaban J connectivity index is 1.89. The second-order valence-corrected chi connectivity index (χ2v) is 18.9. The molecule has 0 amide bonds. The van der Waals surface area contributed by atoms with Crippen molar-refractivity contribution in [3.63, 3.8) is 0 Å². The summed E-state index contributed by atoms with van der Waals surface area (Å²) < 4.78 is 25.3. The summed E-state index contributed by atoms with van der Waals surface area (Å²) in [6.07, 6.45) is 20.8. The molecule has 0 unspecified atom stereocenters. The van der Waals surface area contributed by atoms with Crippen molar-refractivity contribution in [2.75, 3.05) is 6.61 Å². The highest BCUT2D eigenvalue weighted by molar-refractivity contribution is 6.74. The van der Waals surface area contributed by atoms with Crippen molar-refractivity contribution < 1.29 is 28.5 Å². The van der Waals surface area contributed by atoms with Gasteiger partial charge in [-0.1, -0.05) is 94.0 Å². The van der Waals surface area contributed by atoms with Gasteiger partial charge in [-0.05, 0) is 69.5 Å². The van der Waals surface area contributed by atoms with Crippen LogP contribution in [0.4, 0.5) is 0 Å². The molecule has 0 radical (unpaired) electrons. The van der Waals surface area contributed by atoms with Gasteiger partial charge in [0.2, 0.25) is 0 Å². The third-order valence-electron chi connectivity index (χ3n) is 8.92. The Bertz CT molecular complexity index is 1080. The quantitative estimate of drug-likeness (QED) is 0.193. The lowest BCUT2D eigenvalue weighted by atomic mass is 9.91. The third-order valence-corrected chi connectivity index (χ3v) is 13.4. The zero-order chi connectivity index (χ0) is 31.6. The maximum atomic E-state index is 13.2. The van der Waals surface area contributed by atoms with E-state index in [4.69, 9.17) is 18.6 Å². The average molecular weight is 613 g/mol. The molecule has 7 heteroatoms. The van der Waals surface area contributed by atoms with E-state index in [1.165, 1.54) is 11.6 Å². The van der Waals surface area contributed by atoms with Gasteiger partial charge in [0.25, 0.3) is 0 Å². The Hall–Kier alpha value is -2.03. The van der Waals surface area contributed by atoms with Crippen LogP contribution >= 0.6 is 0 Å². The number of esters is 1. The van der Waals surface area contributed by atoms with Gasteiger partial charge in [0, 0.05) is 12.5 Å². The lowest BCUT2D eigenvalue weighted by Gasteiger charge is -2.40. The first-order valence-electron chi connectivity index (χ1n) is 16.1. The number of carbonyl (C=O) groups excluding carboxylic acids is 1. The van der Waals surface area contributed by atoms with Crippen LogP contribution in [-0.2, 0) is 23.4 Å². The van der Waals surface area contributed by atoms with Crippen molar-refractivity contribution in [1.29, 1.82) is 0 Å². The summed E-state index contributed by atoms with van der Waals surface area (Å²) >= 11 is 0. The van der Waals surface area contributed by atoms with Gasteiger partial charge in [0.1, 0.15) is 12.2 Å². The molecule has 0 aromatic rings. The van der Waals surface area contributed by atoms with Gasteiger partial charge >= 0.3 is 5.97 Å².